The third-order valence-electron chi connectivity index (χ3n) is 4.88. The van der Waals surface area contributed by atoms with E-state index in [2.05, 4.69) is 5.10 Å². The summed E-state index contributed by atoms with van der Waals surface area (Å²) in [6.45, 7) is 6.52. The van der Waals surface area contributed by atoms with Gasteiger partial charge in [0.05, 0.1) is 29.6 Å². The second-order valence-electron chi connectivity index (χ2n) is 6.74. The van der Waals surface area contributed by atoms with Gasteiger partial charge in [0, 0.05) is 12.6 Å². The SMILES string of the molecule is Cc1ccc(C)c(-n2ncc(C(=O)N3CCCC3CC(=O)O)c2C)c1. The number of hydrogen-bond acceptors (Lipinski definition) is 3. The zero-order valence-corrected chi connectivity index (χ0v) is 14.8. The van der Waals surface area contributed by atoms with Crippen LogP contribution in [-0.2, 0) is 4.79 Å². The minimum atomic E-state index is -0.868. The third kappa shape index (κ3) is 3.29. The Morgan fingerprint density at radius 3 is 2.76 bits per heavy atom. The molecule has 0 radical (unpaired) electrons. The molecule has 1 unspecified atom stereocenters. The highest BCUT2D eigenvalue weighted by atomic mass is 16.4. The lowest BCUT2D eigenvalue weighted by Crippen LogP contribution is -2.37. The molecule has 1 fully saturated rings. The molecule has 1 saturated heterocycles. The molecule has 0 bridgehead atoms. The van der Waals surface area contributed by atoms with Crippen LogP contribution in [0.4, 0.5) is 0 Å². The van der Waals surface area contributed by atoms with Crippen LogP contribution in [0.1, 0.15) is 46.4 Å². The Labute approximate surface area is 147 Å². The summed E-state index contributed by atoms with van der Waals surface area (Å²) in [7, 11) is 0. The van der Waals surface area contributed by atoms with Crippen molar-refractivity contribution in [1.82, 2.24) is 14.7 Å². The number of aromatic nitrogens is 2. The molecule has 1 atom stereocenters. The van der Waals surface area contributed by atoms with E-state index in [0.29, 0.717) is 12.1 Å². The van der Waals surface area contributed by atoms with E-state index in [1.54, 1.807) is 15.8 Å². The van der Waals surface area contributed by atoms with E-state index < -0.39 is 5.97 Å². The Morgan fingerprint density at radius 2 is 2.04 bits per heavy atom. The van der Waals surface area contributed by atoms with Gasteiger partial charge in [-0.15, -0.1) is 0 Å². The fourth-order valence-electron chi connectivity index (χ4n) is 3.48. The van der Waals surface area contributed by atoms with Crippen LogP contribution in [0.15, 0.2) is 24.4 Å². The second-order valence-corrected chi connectivity index (χ2v) is 6.74. The van der Waals surface area contributed by atoms with Gasteiger partial charge in [-0.1, -0.05) is 12.1 Å². The van der Waals surface area contributed by atoms with Crippen molar-refractivity contribution < 1.29 is 14.7 Å². The molecule has 3 rings (SSSR count). The number of carboxylic acid groups (broad SMARTS) is 1. The Kier molecular flexibility index (Phi) is 4.61. The summed E-state index contributed by atoms with van der Waals surface area (Å²) in [4.78, 5) is 25.7. The van der Waals surface area contributed by atoms with Crippen LogP contribution < -0.4 is 0 Å². The van der Waals surface area contributed by atoms with Gasteiger partial charge in [0.1, 0.15) is 0 Å². The number of aliphatic carboxylic acids is 1. The van der Waals surface area contributed by atoms with Crippen molar-refractivity contribution in [2.75, 3.05) is 6.54 Å². The number of nitrogens with zero attached hydrogens (tertiary/aromatic N) is 3. The molecular formula is C19H23N3O3. The van der Waals surface area contributed by atoms with Crippen LogP contribution in [0.2, 0.25) is 0 Å². The first-order valence-electron chi connectivity index (χ1n) is 8.53. The molecule has 2 heterocycles. The number of carbonyl (C=O) groups excluding carboxylic acids is 1. The number of hydrogen-bond donors (Lipinski definition) is 1. The summed E-state index contributed by atoms with van der Waals surface area (Å²) in [6.07, 6.45) is 3.17. The van der Waals surface area contributed by atoms with Crippen LogP contribution in [-0.4, -0.2) is 44.3 Å². The molecule has 1 amide bonds. The quantitative estimate of drug-likeness (QED) is 0.928. The predicted octanol–water partition coefficient (Wildman–Crippen LogP) is 2.88. The smallest absolute Gasteiger partial charge is 0.305 e. The normalized spacial score (nSPS) is 17.1. The van der Waals surface area contributed by atoms with Gasteiger partial charge < -0.3 is 10.0 Å². The molecule has 25 heavy (non-hydrogen) atoms. The van der Waals surface area contributed by atoms with E-state index in [1.807, 2.05) is 39.0 Å². The molecule has 0 spiro atoms. The van der Waals surface area contributed by atoms with Gasteiger partial charge in [-0.2, -0.15) is 5.10 Å². The van der Waals surface area contributed by atoms with Crippen molar-refractivity contribution >= 4 is 11.9 Å². The highest BCUT2D eigenvalue weighted by Crippen LogP contribution is 2.25. The highest BCUT2D eigenvalue weighted by Gasteiger charge is 2.32. The van der Waals surface area contributed by atoms with Crippen molar-refractivity contribution in [3.8, 4) is 5.69 Å². The van der Waals surface area contributed by atoms with Crippen molar-refractivity contribution in [3.63, 3.8) is 0 Å². The Balaban J connectivity index is 1.92. The Bertz CT molecular complexity index is 825. The number of benzene rings is 1. The van der Waals surface area contributed by atoms with Gasteiger partial charge in [0.25, 0.3) is 5.91 Å². The number of amides is 1. The topological polar surface area (TPSA) is 75.4 Å². The van der Waals surface area contributed by atoms with E-state index in [1.165, 1.54) is 0 Å². The number of carbonyl (C=O) groups is 2. The summed E-state index contributed by atoms with van der Waals surface area (Å²) < 4.78 is 1.79. The molecule has 0 aliphatic carbocycles. The van der Waals surface area contributed by atoms with Gasteiger partial charge in [0.15, 0.2) is 0 Å². The first-order valence-corrected chi connectivity index (χ1v) is 8.53. The molecule has 132 valence electrons. The maximum atomic E-state index is 12.9. The Hall–Kier alpha value is -2.63. The van der Waals surface area contributed by atoms with Gasteiger partial charge >= 0.3 is 5.97 Å². The number of carboxylic acids is 1. The average molecular weight is 341 g/mol. The minimum Gasteiger partial charge on any atom is -0.481 e. The molecule has 1 aromatic heterocycles. The number of rotatable bonds is 4. The van der Waals surface area contributed by atoms with Crippen LogP contribution in [0, 0.1) is 20.8 Å². The van der Waals surface area contributed by atoms with E-state index in [0.717, 1.165) is 35.3 Å². The van der Waals surface area contributed by atoms with Crippen molar-refractivity contribution in [2.24, 2.45) is 0 Å². The Morgan fingerprint density at radius 1 is 1.28 bits per heavy atom. The lowest BCUT2D eigenvalue weighted by Gasteiger charge is -2.23. The molecular weight excluding hydrogens is 318 g/mol. The van der Waals surface area contributed by atoms with Gasteiger partial charge in [-0.25, -0.2) is 4.68 Å². The molecule has 0 saturated carbocycles. The first kappa shape index (κ1) is 17.2. The summed E-state index contributed by atoms with van der Waals surface area (Å²) in [5.41, 5.74) is 4.49. The molecule has 1 aliphatic heterocycles. The average Bonchev–Trinajstić information content (AvgIpc) is 3.15. The van der Waals surface area contributed by atoms with E-state index >= 15 is 0 Å². The van der Waals surface area contributed by atoms with Gasteiger partial charge in [-0.3, -0.25) is 9.59 Å². The summed E-state index contributed by atoms with van der Waals surface area (Å²) in [5.74, 6) is -0.995. The molecule has 1 aliphatic rings. The van der Waals surface area contributed by atoms with E-state index in [-0.39, 0.29) is 18.4 Å². The summed E-state index contributed by atoms with van der Waals surface area (Å²) in [5, 5.41) is 13.5. The lowest BCUT2D eigenvalue weighted by molar-refractivity contribution is -0.137. The van der Waals surface area contributed by atoms with Crippen molar-refractivity contribution in [3.05, 3.63) is 46.8 Å². The summed E-state index contributed by atoms with van der Waals surface area (Å²) >= 11 is 0. The fraction of sp³-hybridized carbons (Fsp3) is 0.421. The fourth-order valence-corrected chi connectivity index (χ4v) is 3.48. The van der Waals surface area contributed by atoms with Crippen molar-refractivity contribution in [1.29, 1.82) is 0 Å². The van der Waals surface area contributed by atoms with Crippen LogP contribution in [0.25, 0.3) is 5.69 Å². The van der Waals surface area contributed by atoms with Crippen LogP contribution in [0.3, 0.4) is 0 Å². The van der Waals surface area contributed by atoms with Gasteiger partial charge in [0.2, 0.25) is 0 Å². The van der Waals surface area contributed by atoms with Crippen LogP contribution >= 0.6 is 0 Å². The lowest BCUT2D eigenvalue weighted by atomic mass is 10.1. The largest absolute Gasteiger partial charge is 0.481 e. The molecule has 6 heteroatoms. The molecule has 2 aromatic rings. The highest BCUT2D eigenvalue weighted by molar-refractivity contribution is 5.95. The maximum absolute atomic E-state index is 12.9. The number of aryl methyl sites for hydroxylation is 2. The van der Waals surface area contributed by atoms with Crippen molar-refractivity contribution in [2.45, 2.75) is 46.1 Å². The third-order valence-corrected chi connectivity index (χ3v) is 4.88. The molecule has 1 aromatic carbocycles. The first-order chi connectivity index (χ1) is 11.9. The maximum Gasteiger partial charge on any atom is 0.305 e. The zero-order valence-electron chi connectivity index (χ0n) is 14.8. The second kappa shape index (κ2) is 6.70. The molecule has 1 N–H and O–H groups in total. The minimum absolute atomic E-state index is 0.00405. The number of likely N-dealkylation sites (tertiary alicyclic amines) is 1. The monoisotopic (exact) mass is 341 g/mol. The van der Waals surface area contributed by atoms with E-state index in [9.17, 15) is 9.59 Å². The van der Waals surface area contributed by atoms with E-state index in [4.69, 9.17) is 5.11 Å². The standard InChI is InChI=1S/C19H23N3O3/c1-12-6-7-13(2)17(9-12)22-14(3)16(11-20-22)19(25)21-8-4-5-15(21)10-18(23)24/h6-7,9,11,15H,4-5,8,10H2,1-3H3,(H,23,24). The molecule has 6 nitrogen and oxygen atoms in total. The summed E-state index contributed by atoms with van der Waals surface area (Å²) in [6, 6.07) is 5.90. The van der Waals surface area contributed by atoms with Gasteiger partial charge in [-0.05, 0) is 50.8 Å². The predicted molar refractivity (Wildman–Crippen MR) is 94.1 cm³/mol. The van der Waals surface area contributed by atoms with Crippen LogP contribution in [0.5, 0.6) is 0 Å². The zero-order chi connectivity index (χ0) is 18.1.